The molecule has 1 unspecified atom stereocenters. The smallest absolute Gasteiger partial charge is 0.270 e. The zero-order chi connectivity index (χ0) is 20.1. The molecule has 7 heteroatoms. The first-order valence-corrected chi connectivity index (χ1v) is 8.67. The fraction of sp³-hybridized carbons (Fsp3) is 0.0476. The number of hydrogen-bond acceptors (Lipinski definition) is 4. The molecule has 0 aliphatic rings. The van der Waals surface area contributed by atoms with Crippen LogP contribution in [-0.2, 0) is 0 Å². The van der Waals surface area contributed by atoms with Gasteiger partial charge in [0.2, 0.25) is 0 Å². The van der Waals surface area contributed by atoms with Crippen LogP contribution in [0.3, 0.4) is 0 Å². The molecule has 28 heavy (non-hydrogen) atoms. The number of anilines is 1. The molecule has 1 atom stereocenters. The summed E-state index contributed by atoms with van der Waals surface area (Å²) in [7, 11) is 0. The maximum absolute atomic E-state index is 12.4. The number of nitriles is 1. The minimum Gasteiger partial charge on any atom is -0.322 e. The Morgan fingerprint density at radius 2 is 1.82 bits per heavy atom. The van der Waals surface area contributed by atoms with Crippen LogP contribution in [0.2, 0.25) is 5.02 Å². The molecular formula is C21H14ClN3O3. The first kappa shape index (κ1) is 19.1. The van der Waals surface area contributed by atoms with Gasteiger partial charge in [-0.05, 0) is 29.3 Å². The van der Waals surface area contributed by atoms with Crippen molar-refractivity contribution in [1.82, 2.24) is 0 Å². The van der Waals surface area contributed by atoms with Gasteiger partial charge in [-0.1, -0.05) is 54.1 Å². The first-order valence-electron chi connectivity index (χ1n) is 8.29. The molecule has 3 rings (SSSR count). The molecule has 3 aromatic carbocycles. The van der Waals surface area contributed by atoms with Crippen LogP contribution in [0.15, 0.2) is 72.8 Å². The molecule has 138 valence electrons. The van der Waals surface area contributed by atoms with Gasteiger partial charge in [-0.15, -0.1) is 0 Å². The lowest BCUT2D eigenvalue weighted by Gasteiger charge is -2.13. The highest BCUT2D eigenvalue weighted by molar-refractivity contribution is 6.32. The number of halogens is 1. The third-order valence-electron chi connectivity index (χ3n) is 4.15. The molecule has 0 aliphatic heterocycles. The van der Waals surface area contributed by atoms with Crippen molar-refractivity contribution >= 4 is 28.9 Å². The van der Waals surface area contributed by atoms with Gasteiger partial charge in [-0.2, -0.15) is 5.26 Å². The second kappa shape index (κ2) is 8.33. The largest absolute Gasteiger partial charge is 0.322 e. The summed E-state index contributed by atoms with van der Waals surface area (Å²) in [5.74, 6) is -1.03. The van der Waals surface area contributed by atoms with Crippen molar-refractivity contribution < 1.29 is 9.72 Å². The van der Waals surface area contributed by atoms with Gasteiger partial charge in [-0.3, -0.25) is 14.9 Å². The van der Waals surface area contributed by atoms with E-state index in [0.29, 0.717) is 16.3 Å². The lowest BCUT2D eigenvalue weighted by atomic mass is 9.92. The number of hydrogen-bond donors (Lipinski definition) is 1. The minimum atomic E-state index is -0.561. The predicted octanol–water partition coefficient (Wildman–Crippen LogP) is 5.16. The summed E-state index contributed by atoms with van der Waals surface area (Å²) in [4.78, 5) is 22.7. The van der Waals surface area contributed by atoms with E-state index >= 15 is 0 Å². The summed E-state index contributed by atoms with van der Waals surface area (Å²) in [5.41, 5.74) is 1.87. The van der Waals surface area contributed by atoms with Crippen LogP contribution in [0, 0.1) is 21.4 Å². The Balaban J connectivity index is 1.83. The fourth-order valence-electron chi connectivity index (χ4n) is 2.77. The highest BCUT2D eigenvalue weighted by Crippen LogP contribution is 2.32. The predicted molar refractivity (Wildman–Crippen MR) is 106 cm³/mol. The molecule has 0 radical (unpaired) electrons. The monoisotopic (exact) mass is 391 g/mol. The normalized spacial score (nSPS) is 11.3. The SMILES string of the molecule is N#CC(c1ccccc1)c1ccc(NC(=O)c2cccc([N+](=O)[O-])c2)cc1Cl. The quantitative estimate of drug-likeness (QED) is 0.480. The van der Waals surface area contributed by atoms with Crippen LogP contribution >= 0.6 is 11.6 Å². The van der Waals surface area contributed by atoms with E-state index in [1.807, 2.05) is 30.3 Å². The van der Waals surface area contributed by atoms with Crippen LogP contribution in [0.25, 0.3) is 0 Å². The summed E-state index contributed by atoms with van der Waals surface area (Å²) in [6, 6.07) is 21.8. The van der Waals surface area contributed by atoms with E-state index in [-0.39, 0.29) is 11.3 Å². The number of nitrogens with one attached hydrogen (secondary N) is 1. The summed E-state index contributed by atoms with van der Waals surface area (Å²) in [5, 5.41) is 23.4. The second-order valence-corrected chi connectivity index (χ2v) is 6.38. The van der Waals surface area contributed by atoms with Gasteiger partial charge >= 0.3 is 0 Å². The molecule has 0 heterocycles. The Morgan fingerprint density at radius 1 is 1.07 bits per heavy atom. The molecule has 0 saturated heterocycles. The summed E-state index contributed by atoms with van der Waals surface area (Å²) in [6.45, 7) is 0. The zero-order valence-electron chi connectivity index (χ0n) is 14.5. The minimum absolute atomic E-state index is 0.161. The van der Waals surface area contributed by atoms with Crippen LogP contribution in [0.5, 0.6) is 0 Å². The number of rotatable bonds is 5. The van der Waals surface area contributed by atoms with Gasteiger partial charge in [0.1, 0.15) is 0 Å². The summed E-state index contributed by atoms with van der Waals surface area (Å²) >= 11 is 6.36. The average Bonchev–Trinajstić information content (AvgIpc) is 2.71. The number of amides is 1. The lowest BCUT2D eigenvalue weighted by Crippen LogP contribution is -2.12. The van der Waals surface area contributed by atoms with Crippen molar-refractivity contribution in [1.29, 1.82) is 5.26 Å². The number of carbonyl (C=O) groups is 1. The average molecular weight is 392 g/mol. The Labute approximate surface area is 166 Å². The zero-order valence-corrected chi connectivity index (χ0v) is 15.3. The summed E-state index contributed by atoms with van der Waals surface area (Å²) < 4.78 is 0. The molecule has 0 saturated carbocycles. The standard InChI is InChI=1S/C21H14ClN3O3/c22-20-12-16(24-21(26)15-7-4-8-17(11-15)25(27)28)9-10-18(20)19(13-23)14-5-2-1-3-6-14/h1-12,19H,(H,24,26). The highest BCUT2D eigenvalue weighted by atomic mass is 35.5. The fourth-order valence-corrected chi connectivity index (χ4v) is 3.06. The van der Waals surface area contributed by atoms with Gasteiger partial charge in [0.05, 0.1) is 16.9 Å². The van der Waals surface area contributed by atoms with Crippen molar-refractivity contribution in [3.05, 3.63) is 105 Å². The Bertz CT molecular complexity index is 1080. The van der Waals surface area contributed by atoms with Gasteiger partial charge in [0.25, 0.3) is 11.6 Å². The van der Waals surface area contributed by atoms with Crippen LogP contribution in [0.4, 0.5) is 11.4 Å². The molecule has 0 aromatic heterocycles. The molecule has 6 nitrogen and oxygen atoms in total. The van der Waals surface area contributed by atoms with Crippen LogP contribution < -0.4 is 5.32 Å². The van der Waals surface area contributed by atoms with Crippen molar-refractivity contribution in [3.8, 4) is 6.07 Å². The van der Waals surface area contributed by atoms with Crippen LogP contribution in [-0.4, -0.2) is 10.8 Å². The molecule has 1 N–H and O–H groups in total. The van der Waals surface area contributed by atoms with Gasteiger partial charge in [0, 0.05) is 28.4 Å². The lowest BCUT2D eigenvalue weighted by molar-refractivity contribution is -0.384. The van der Waals surface area contributed by atoms with Crippen molar-refractivity contribution in [3.63, 3.8) is 0 Å². The number of nitro benzene ring substituents is 1. The topological polar surface area (TPSA) is 96.0 Å². The molecule has 0 fully saturated rings. The van der Waals surface area contributed by atoms with Crippen molar-refractivity contribution in [2.24, 2.45) is 0 Å². The Kier molecular flexibility index (Phi) is 5.68. The maximum Gasteiger partial charge on any atom is 0.270 e. The molecule has 3 aromatic rings. The number of nitrogens with zero attached hydrogens (tertiary/aromatic N) is 2. The van der Waals surface area contributed by atoms with Gasteiger partial charge < -0.3 is 5.32 Å². The number of nitro groups is 1. The first-order chi connectivity index (χ1) is 13.5. The molecule has 0 bridgehead atoms. The van der Waals surface area contributed by atoms with E-state index in [2.05, 4.69) is 11.4 Å². The number of non-ortho nitro benzene ring substituents is 1. The highest BCUT2D eigenvalue weighted by Gasteiger charge is 2.17. The van der Waals surface area contributed by atoms with Gasteiger partial charge in [-0.25, -0.2) is 0 Å². The maximum atomic E-state index is 12.4. The van der Waals surface area contributed by atoms with Crippen LogP contribution in [0.1, 0.15) is 27.4 Å². The van der Waals surface area contributed by atoms with Crippen molar-refractivity contribution in [2.75, 3.05) is 5.32 Å². The molecule has 1 amide bonds. The van der Waals surface area contributed by atoms with Crippen molar-refractivity contribution in [2.45, 2.75) is 5.92 Å². The third kappa shape index (κ3) is 4.17. The Hall–Kier alpha value is -3.69. The van der Waals surface area contributed by atoms with E-state index in [1.165, 1.54) is 24.3 Å². The third-order valence-corrected chi connectivity index (χ3v) is 4.48. The molecule has 0 spiro atoms. The summed E-state index contributed by atoms with van der Waals surface area (Å²) in [6.07, 6.45) is 0. The van der Waals surface area contributed by atoms with E-state index in [0.717, 1.165) is 5.56 Å². The van der Waals surface area contributed by atoms with Gasteiger partial charge in [0.15, 0.2) is 0 Å². The number of benzene rings is 3. The second-order valence-electron chi connectivity index (χ2n) is 5.97. The molecular weight excluding hydrogens is 378 g/mol. The van der Waals surface area contributed by atoms with E-state index in [4.69, 9.17) is 11.6 Å². The van der Waals surface area contributed by atoms with E-state index in [1.54, 1.807) is 18.2 Å². The molecule has 0 aliphatic carbocycles. The Morgan fingerprint density at radius 3 is 2.46 bits per heavy atom. The van der Waals surface area contributed by atoms with E-state index in [9.17, 15) is 20.2 Å². The number of carbonyl (C=O) groups excluding carboxylic acids is 1. The van der Waals surface area contributed by atoms with E-state index < -0.39 is 16.7 Å².